The van der Waals surface area contributed by atoms with E-state index in [2.05, 4.69) is 0 Å². The number of hydrogen-bond donors (Lipinski definition) is 5. The van der Waals surface area contributed by atoms with Gasteiger partial charge < -0.3 is 27.5 Å². The van der Waals surface area contributed by atoms with Crippen molar-refractivity contribution in [2.75, 3.05) is 11.5 Å². The summed E-state index contributed by atoms with van der Waals surface area (Å²) in [5.41, 5.74) is 0. The van der Waals surface area contributed by atoms with Gasteiger partial charge in [-0.25, -0.2) is 0 Å². The molecule has 0 aromatic rings. The SMILES string of the molecule is CC(C1CCSC1)C(O)(P(=O)(O)O)P(=O)(O)O.[H-].[H-].[Na+].[Na+]. The molecule has 106 valence electrons. The van der Waals surface area contributed by atoms with Crippen LogP contribution < -0.4 is 59.1 Å². The van der Waals surface area contributed by atoms with E-state index < -0.39 is 26.2 Å². The van der Waals surface area contributed by atoms with E-state index in [0.717, 1.165) is 5.75 Å². The van der Waals surface area contributed by atoms with E-state index in [1.807, 2.05) is 0 Å². The van der Waals surface area contributed by atoms with Gasteiger partial charge in [-0.15, -0.1) is 0 Å². The number of thioether (sulfide) groups is 1. The maximum Gasteiger partial charge on any atom is 1.00 e. The molecule has 0 spiro atoms. The van der Waals surface area contributed by atoms with Crippen LogP contribution in [0.3, 0.4) is 0 Å². The third-order valence-corrected chi connectivity index (χ3v) is 8.42. The zero-order chi connectivity index (χ0) is 13.5. The van der Waals surface area contributed by atoms with Crippen molar-refractivity contribution >= 4 is 27.0 Å². The van der Waals surface area contributed by atoms with Crippen LogP contribution in [-0.4, -0.2) is 41.3 Å². The van der Waals surface area contributed by atoms with Crippen molar-refractivity contribution in [3.05, 3.63) is 0 Å². The average Bonchev–Trinajstić information content (AvgIpc) is 2.64. The Morgan fingerprint density at radius 1 is 1.21 bits per heavy atom. The van der Waals surface area contributed by atoms with Gasteiger partial charge in [0.25, 0.3) is 5.08 Å². The molecule has 1 heterocycles. The molecule has 0 saturated carbocycles. The monoisotopic (exact) mass is 354 g/mol. The fourth-order valence-electron chi connectivity index (χ4n) is 1.96. The van der Waals surface area contributed by atoms with E-state index in [9.17, 15) is 14.2 Å². The van der Waals surface area contributed by atoms with Gasteiger partial charge in [0.1, 0.15) is 0 Å². The van der Waals surface area contributed by atoms with Crippen molar-refractivity contribution in [3.63, 3.8) is 0 Å². The minimum atomic E-state index is -5.33. The number of hydrogen-bond acceptors (Lipinski definition) is 4. The second kappa shape index (κ2) is 8.46. The maximum absolute atomic E-state index is 11.2. The summed E-state index contributed by atoms with van der Waals surface area (Å²) in [6.45, 7) is 1.27. The summed E-state index contributed by atoms with van der Waals surface area (Å²) < 4.78 is 22.5. The van der Waals surface area contributed by atoms with Crippen LogP contribution >= 0.6 is 27.0 Å². The van der Waals surface area contributed by atoms with Crippen LogP contribution in [0.2, 0.25) is 0 Å². The van der Waals surface area contributed by atoms with E-state index >= 15 is 0 Å². The minimum absolute atomic E-state index is 0. The Labute approximate surface area is 163 Å². The van der Waals surface area contributed by atoms with E-state index in [-0.39, 0.29) is 67.9 Å². The molecule has 1 saturated heterocycles. The first kappa shape index (κ1) is 23.9. The molecule has 0 aromatic heterocycles. The summed E-state index contributed by atoms with van der Waals surface area (Å²) in [5, 5.41) is 6.60. The Bertz CT molecular complexity index is 365. The Kier molecular flexibility index (Phi) is 10.6. The predicted molar refractivity (Wildman–Crippen MR) is 65.9 cm³/mol. The predicted octanol–water partition coefficient (Wildman–Crippen LogP) is -5.39. The minimum Gasteiger partial charge on any atom is -1.00 e. The fraction of sp³-hybridized carbons (Fsp3) is 1.00. The second-order valence-corrected chi connectivity index (χ2v) is 9.23. The van der Waals surface area contributed by atoms with Gasteiger partial charge in [0.05, 0.1) is 0 Å². The molecule has 2 unspecified atom stereocenters. The van der Waals surface area contributed by atoms with Gasteiger partial charge >= 0.3 is 74.3 Å². The quantitative estimate of drug-likeness (QED) is 0.249. The van der Waals surface area contributed by atoms with Crippen LogP contribution in [0.1, 0.15) is 16.2 Å². The Morgan fingerprint density at radius 3 is 1.89 bits per heavy atom. The van der Waals surface area contributed by atoms with Crippen LogP contribution in [0.4, 0.5) is 0 Å². The zero-order valence-electron chi connectivity index (χ0n) is 13.1. The molecule has 12 heteroatoms. The van der Waals surface area contributed by atoms with Gasteiger partial charge in [0.2, 0.25) is 0 Å². The van der Waals surface area contributed by atoms with Gasteiger partial charge in [-0.05, 0) is 23.8 Å². The van der Waals surface area contributed by atoms with Gasteiger partial charge in [-0.1, -0.05) is 6.92 Å². The summed E-state index contributed by atoms with van der Waals surface area (Å²) in [7, 11) is -10.7. The molecule has 7 nitrogen and oxygen atoms in total. The summed E-state index contributed by atoms with van der Waals surface area (Å²) in [5.74, 6) is -0.193. The second-order valence-electron chi connectivity index (χ2n) is 4.19. The molecular weight excluding hydrogens is 336 g/mol. The van der Waals surface area contributed by atoms with Gasteiger partial charge in [-0.2, -0.15) is 11.8 Å². The average molecular weight is 354 g/mol. The molecule has 5 N–H and O–H groups in total. The molecular formula is C7H18Na2O7P2S. The van der Waals surface area contributed by atoms with E-state index in [4.69, 9.17) is 19.6 Å². The molecule has 0 aliphatic carbocycles. The summed E-state index contributed by atoms with van der Waals surface area (Å²) in [6, 6.07) is 0. The molecule has 0 radical (unpaired) electrons. The standard InChI is InChI=1S/C7H16O7P2S.2Na.2H/c1-5(6-2-3-17-4-6)7(8,15(9,10)11)16(12,13)14;;;;/h5-6,8H,2-4H2,1H3,(H2,9,10,11)(H2,12,13,14);;;;/q;2*+1;2*-1. The van der Waals surface area contributed by atoms with Crippen molar-refractivity contribution in [3.8, 4) is 0 Å². The van der Waals surface area contributed by atoms with Crippen LogP contribution in [0, 0.1) is 11.8 Å². The maximum atomic E-state index is 11.2. The Balaban J connectivity index is -0.000000361. The molecule has 0 amide bonds. The normalized spacial score (nSPS) is 22.3. The van der Waals surface area contributed by atoms with Crippen molar-refractivity contribution in [1.29, 1.82) is 0 Å². The Morgan fingerprint density at radius 2 is 1.63 bits per heavy atom. The van der Waals surface area contributed by atoms with Crippen LogP contribution in [0.25, 0.3) is 0 Å². The first-order valence-corrected chi connectivity index (χ1v) is 9.31. The van der Waals surface area contributed by atoms with Crippen LogP contribution in [0.5, 0.6) is 0 Å². The number of rotatable bonds is 4. The van der Waals surface area contributed by atoms with Crippen LogP contribution in [0.15, 0.2) is 0 Å². The molecule has 1 rings (SSSR count). The molecule has 0 bridgehead atoms. The molecule has 2 atom stereocenters. The smallest absolute Gasteiger partial charge is 1.00 e. The Hall–Kier alpha value is 2.61. The first-order valence-electron chi connectivity index (χ1n) is 4.93. The van der Waals surface area contributed by atoms with Gasteiger partial charge in [-0.3, -0.25) is 9.13 Å². The topological polar surface area (TPSA) is 135 Å². The van der Waals surface area contributed by atoms with E-state index in [1.54, 1.807) is 0 Å². The van der Waals surface area contributed by atoms with Crippen molar-refractivity contribution in [1.82, 2.24) is 0 Å². The molecule has 0 aromatic carbocycles. The van der Waals surface area contributed by atoms with Crippen molar-refractivity contribution in [2.24, 2.45) is 11.8 Å². The summed E-state index contributed by atoms with van der Waals surface area (Å²) >= 11 is 1.53. The summed E-state index contributed by atoms with van der Waals surface area (Å²) in [6.07, 6.45) is 0.578. The number of aliphatic hydroxyl groups is 1. The first-order chi connectivity index (χ1) is 7.52. The zero-order valence-corrected chi connectivity index (χ0v) is 17.7. The van der Waals surface area contributed by atoms with Crippen LogP contribution in [-0.2, 0) is 9.13 Å². The largest absolute Gasteiger partial charge is 1.00 e. The molecule has 1 fully saturated rings. The van der Waals surface area contributed by atoms with Gasteiger partial charge in [0, 0.05) is 5.92 Å². The van der Waals surface area contributed by atoms with E-state index in [1.165, 1.54) is 18.7 Å². The summed E-state index contributed by atoms with van der Waals surface area (Å²) in [4.78, 5) is 36.3. The molecule has 19 heavy (non-hydrogen) atoms. The van der Waals surface area contributed by atoms with Crippen molar-refractivity contribution in [2.45, 2.75) is 18.4 Å². The van der Waals surface area contributed by atoms with Crippen molar-refractivity contribution < 1.29 is 95.8 Å². The third kappa shape index (κ3) is 5.05. The van der Waals surface area contributed by atoms with E-state index in [0.29, 0.717) is 12.2 Å². The fourth-order valence-corrected chi connectivity index (χ4v) is 6.20. The molecule has 1 aliphatic heterocycles. The third-order valence-electron chi connectivity index (χ3n) is 3.14. The molecule has 1 aliphatic rings. The van der Waals surface area contributed by atoms with Gasteiger partial charge in [0.15, 0.2) is 0 Å².